The van der Waals surface area contributed by atoms with Gasteiger partial charge in [0.05, 0.1) is 11.8 Å². The van der Waals surface area contributed by atoms with Gasteiger partial charge in [-0.1, -0.05) is 18.1 Å². The van der Waals surface area contributed by atoms with Crippen molar-refractivity contribution >= 4 is 5.97 Å². The van der Waals surface area contributed by atoms with Crippen LogP contribution in [0.5, 0.6) is 0 Å². The summed E-state index contributed by atoms with van der Waals surface area (Å²) in [5, 5.41) is 15.5. The molecule has 0 atom stereocenters. The van der Waals surface area contributed by atoms with Crippen molar-refractivity contribution in [1.82, 2.24) is 15.2 Å². The molecule has 0 bridgehead atoms. The van der Waals surface area contributed by atoms with E-state index in [-0.39, 0.29) is 5.56 Å². The standard InChI is InChI=1S/C12H8N2O2.C5H5N/c1-2-8-4-3-5-10(12(15)16)11(8)9-6-13-14-7-9;1-2-4-6-5-3-1/h1,3-7H,(H,13,14)(H,15,16);1-5H. The molecule has 5 heteroatoms. The minimum atomic E-state index is -1.01. The summed E-state index contributed by atoms with van der Waals surface area (Å²) in [7, 11) is 0. The maximum atomic E-state index is 11.1. The van der Waals surface area contributed by atoms with E-state index in [2.05, 4.69) is 21.1 Å². The van der Waals surface area contributed by atoms with Crippen LogP contribution in [0.4, 0.5) is 0 Å². The summed E-state index contributed by atoms with van der Waals surface area (Å²) in [5.41, 5.74) is 1.91. The van der Waals surface area contributed by atoms with E-state index in [4.69, 9.17) is 11.5 Å². The SMILES string of the molecule is C#Cc1cccc(C(=O)O)c1-c1cn[nH]c1.c1ccncc1. The van der Waals surface area contributed by atoms with Crippen LogP contribution in [0.3, 0.4) is 0 Å². The summed E-state index contributed by atoms with van der Waals surface area (Å²) in [6.45, 7) is 0. The maximum Gasteiger partial charge on any atom is 0.336 e. The van der Waals surface area contributed by atoms with Crippen molar-refractivity contribution in [2.24, 2.45) is 0 Å². The van der Waals surface area contributed by atoms with Gasteiger partial charge in [-0.25, -0.2) is 4.79 Å². The predicted octanol–water partition coefficient (Wildman–Crippen LogP) is 2.84. The normalized spacial score (nSPS) is 9.23. The molecule has 22 heavy (non-hydrogen) atoms. The molecule has 0 spiro atoms. The second-order valence-corrected chi connectivity index (χ2v) is 4.19. The Labute approximate surface area is 127 Å². The van der Waals surface area contributed by atoms with Gasteiger partial charge in [0.25, 0.3) is 0 Å². The largest absolute Gasteiger partial charge is 0.478 e. The molecule has 0 aliphatic rings. The zero-order valence-corrected chi connectivity index (χ0v) is 11.6. The Balaban J connectivity index is 0.000000246. The third kappa shape index (κ3) is 3.58. The zero-order chi connectivity index (χ0) is 15.8. The number of nitrogens with one attached hydrogen (secondary N) is 1. The van der Waals surface area contributed by atoms with Crippen LogP contribution in [0.1, 0.15) is 15.9 Å². The van der Waals surface area contributed by atoms with E-state index in [1.54, 1.807) is 36.9 Å². The van der Waals surface area contributed by atoms with Gasteiger partial charge in [0, 0.05) is 35.3 Å². The second-order valence-electron chi connectivity index (χ2n) is 4.19. The molecule has 0 unspecified atom stereocenters. The van der Waals surface area contributed by atoms with E-state index in [1.165, 1.54) is 6.07 Å². The fourth-order valence-corrected chi connectivity index (χ4v) is 1.86. The van der Waals surface area contributed by atoms with Crippen LogP contribution in [-0.4, -0.2) is 26.3 Å². The minimum Gasteiger partial charge on any atom is -0.478 e. The van der Waals surface area contributed by atoms with Crippen LogP contribution in [0.25, 0.3) is 11.1 Å². The number of benzene rings is 1. The molecular formula is C17H13N3O2. The fraction of sp³-hybridized carbons (Fsp3) is 0. The van der Waals surface area contributed by atoms with Crippen LogP contribution >= 0.6 is 0 Å². The Morgan fingerprint density at radius 3 is 2.41 bits per heavy atom. The number of carbonyl (C=O) groups is 1. The van der Waals surface area contributed by atoms with Gasteiger partial charge in [-0.05, 0) is 24.3 Å². The smallest absolute Gasteiger partial charge is 0.336 e. The lowest BCUT2D eigenvalue weighted by Crippen LogP contribution is -2.00. The number of carboxylic acid groups (broad SMARTS) is 1. The summed E-state index contributed by atoms with van der Waals surface area (Å²) in [6, 6.07) is 10.6. The molecule has 2 aromatic heterocycles. The molecule has 108 valence electrons. The topological polar surface area (TPSA) is 78.9 Å². The van der Waals surface area contributed by atoms with E-state index >= 15 is 0 Å². The van der Waals surface area contributed by atoms with Crippen molar-refractivity contribution in [3.8, 4) is 23.5 Å². The summed E-state index contributed by atoms with van der Waals surface area (Å²) in [4.78, 5) is 14.9. The third-order valence-electron chi connectivity index (χ3n) is 2.80. The molecule has 0 aliphatic carbocycles. The lowest BCUT2D eigenvalue weighted by molar-refractivity contribution is 0.0697. The molecule has 0 amide bonds. The predicted molar refractivity (Wildman–Crippen MR) is 83.2 cm³/mol. The first-order chi connectivity index (χ1) is 10.7. The number of pyridine rings is 1. The van der Waals surface area contributed by atoms with E-state index in [0.717, 1.165) is 0 Å². The van der Waals surface area contributed by atoms with Crippen molar-refractivity contribution < 1.29 is 9.90 Å². The molecule has 0 aliphatic heterocycles. The fourth-order valence-electron chi connectivity index (χ4n) is 1.86. The summed E-state index contributed by atoms with van der Waals surface area (Å²) >= 11 is 0. The molecule has 0 saturated carbocycles. The van der Waals surface area contributed by atoms with E-state index in [1.807, 2.05) is 18.2 Å². The number of H-pyrrole nitrogens is 1. The second kappa shape index (κ2) is 7.41. The third-order valence-corrected chi connectivity index (χ3v) is 2.80. The summed E-state index contributed by atoms with van der Waals surface area (Å²) in [6.07, 6.45) is 12.0. The molecule has 0 saturated heterocycles. The zero-order valence-electron chi connectivity index (χ0n) is 11.6. The van der Waals surface area contributed by atoms with Crippen LogP contribution < -0.4 is 0 Å². The van der Waals surface area contributed by atoms with Gasteiger partial charge >= 0.3 is 5.97 Å². The Bertz CT molecular complexity index is 749. The number of hydrogen-bond acceptors (Lipinski definition) is 3. The quantitative estimate of drug-likeness (QED) is 0.712. The van der Waals surface area contributed by atoms with Gasteiger partial charge in [-0.3, -0.25) is 10.1 Å². The molecule has 0 fully saturated rings. The number of aromatic carboxylic acids is 1. The average Bonchev–Trinajstić information content (AvgIpc) is 3.10. The highest BCUT2D eigenvalue weighted by atomic mass is 16.4. The number of aromatic nitrogens is 3. The van der Waals surface area contributed by atoms with Crippen LogP contribution in [0, 0.1) is 12.3 Å². The van der Waals surface area contributed by atoms with Crippen LogP contribution in [-0.2, 0) is 0 Å². The van der Waals surface area contributed by atoms with Crippen LogP contribution in [0.15, 0.2) is 61.2 Å². The van der Waals surface area contributed by atoms with Crippen LogP contribution in [0.2, 0.25) is 0 Å². The first kappa shape index (κ1) is 15.0. The van der Waals surface area contributed by atoms with Crippen molar-refractivity contribution in [2.75, 3.05) is 0 Å². The maximum absolute atomic E-state index is 11.1. The van der Waals surface area contributed by atoms with Gasteiger partial charge < -0.3 is 5.11 Å². The highest BCUT2D eigenvalue weighted by molar-refractivity contribution is 5.97. The minimum absolute atomic E-state index is 0.178. The first-order valence-electron chi connectivity index (χ1n) is 6.41. The highest BCUT2D eigenvalue weighted by Gasteiger charge is 2.15. The van der Waals surface area contributed by atoms with Crippen molar-refractivity contribution in [3.05, 3.63) is 72.3 Å². The molecule has 2 heterocycles. The summed E-state index contributed by atoms with van der Waals surface area (Å²) < 4.78 is 0. The number of aromatic amines is 1. The number of rotatable bonds is 2. The molecule has 1 aromatic carbocycles. The Hall–Kier alpha value is -3.39. The van der Waals surface area contributed by atoms with Gasteiger partial charge in [-0.15, -0.1) is 6.42 Å². The van der Waals surface area contributed by atoms with Gasteiger partial charge in [0.15, 0.2) is 0 Å². The van der Waals surface area contributed by atoms with Crippen molar-refractivity contribution in [3.63, 3.8) is 0 Å². The average molecular weight is 291 g/mol. The van der Waals surface area contributed by atoms with Gasteiger partial charge in [0.2, 0.25) is 0 Å². The first-order valence-corrected chi connectivity index (χ1v) is 6.41. The van der Waals surface area contributed by atoms with Crippen molar-refractivity contribution in [2.45, 2.75) is 0 Å². The lowest BCUT2D eigenvalue weighted by atomic mass is 9.97. The number of carboxylic acids is 1. The number of terminal acetylenes is 1. The number of nitrogens with zero attached hydrogens (tertiary/aromatic N) is 2. The Morgan fingerprint density at radius 2 is 1.95 bits per heavy atom. The molecule has 3 rings (SSSR count). The Kier molecular flexibility index (Phi) is 5.05. The van der Waals surface area contributed by atoms with Gasteiger partial charge in [0.1, 0.15) is 0 Å². The highest BCUT2D eigenvalue weighted by Crippen LogP contribution is 2.26. The van der Waals surface area contributed by atoms with E-state index in [0.29, 0.717) is 16.7 Å². The number of hydrogen-bond donors (Lipinski definition) is 2. The molecular weight excluding hydrogens is 278 g/mol. The van der Waals surface area contributed by atoms with Crippen molar-refractivity contribution in [1.29, 1.82) is 0 Å². The van der Waals surface area contributed by atoms with E-state index < -0.39 is 5.97 Å². The molecule has 2 N–H and O–H groups in total. The molecule has 0 radical (unpaired) electrons. The molecule has 5 nitrogen and oxygen atoms in total. The molecule has 3 aromatic rings. The Morgan fingerprint density at radius 1 is 1.18 bits per heavy atom. The van der Waals surface area contributed by atoms with E-state index in [9.17, 15) is 4.79 Å². The lowest BCUT2D eigenvalue weighted by Gasteiger charge is -2.06. The summed E-state index contributed by atoms with van der Waals surface area (Å²) in [5.74, 6) is 1.47. The monoisotopic (exact) mass is 291 g/mol. The van der Waals surface area contributed by atoms with Gasteiger partial charge in [-0.2, -0.15) is 5.10 Å².